The Morgan fingerprint density at radius 2 is 1.93 bits per heavy atom. The van der Waals surface area contributed by atoms with Gasteiger partial charge in [-0.1, -0.05) is 26.0 Å². The number of aromatic nitrogens is 3. The molecule has 0 aliphatic heterocycles. The Bertz CT molecular complexity index is 1040. The lowest BCUT2D eigenvalue weighted by Gasteiger charge is -2.30. The number of nitrogens with two attached hydrogens (primary N) is 1. The van der Waals surface area contributed by atoms with Crippen molar-refractivity contribution in [3.63, 3.8) is 0 Å². The van der Waals surface area contributed by atoms with Crippen molar-refractivity contribution in [1.29, 1.82) is 0 Å². The normalized spacial score (nSPS) is 18.1. The maximum atomic E-state index is 12.8. The largest absolute Gasteiger partial charge is 0.365 e. The number of Topliss-reactive ketones (excluding diaryl/α,β-unsaturated/α-hetero) is 1. The average Bonchev–Trinajstić information content (AvgIpc) is 3.21. The molecule has 0 atom stereocenters. The third kappa shape index (κ3) is 3.34. The maximum absolute atomic E-state index is 12.8. The molecular weight excluding hydrogens is 366 g/mol. The molecule has 29 heavy (non-hydrogen) atoms. The second kappa shape index (κ2) is 6.83. The van der Waals surface area contributed by atoms with E-state index in [9.17, 15) is 9.59 Å². The highest BCUT2D eigenvalue weighted by Crippen LogP contribution is 2.39. The standard InChI is InChI=1S/C22H27N5O2/c1-12-13(2)27(15-9-22(3,4)10-16(28)18(12)15)17-11-24-19(20(23)29)21(26-17)25-14-7-5-6-8-14/h5-6,11,14H,7-10H2,1-4H3,(H2,23,29)(H,25,26). The van der Waals surface area contributed by atoms with E-state index < -0.39 is 5.91 Å². The van der Waals surface area contributed by atoms with E-state index in [4.69, 9.17) is 10.7 Å². The molecule has 4 rings (SSSR count). The Hall–Kier alpha value is -2.96. The number of fused-ring (bicyclic) bond motifs is 1. The minimum absolute atomic E-state index is 0.115. The van der Waals surface area contributed by atoms with E-state index >= 15 is 0 Å². The van der Waals surface area contributed by atoms with E-state index in [2.05, 4.69) is 36.3 Å². The lowest BCUT2D eigenvalue weighted by atomic mass is 9.75. The first-order valence-corrected chi connectivity index (χ1v) is 10.0. The van der Waals surface area contributed by atoms with Gasteiger partial charge < -0.3 is 15.6 Å². The Balaban J connectivity index is 1.84. The monoisotopic (exact) mass is 393 g/mol. The molecule has 0 saturated heterocycles. The van der Waals surface area contributed by atoms with Crippen LogP contribution in [-0.4, -0.2) is 32.3 Å². The predicted molar refractivity (Wildman–Crippen MR) is 112 cm³/mol. The van der Waals surface area contributed by atoms with Crippen LogP contribution in [0.25, 0.3) is 5.82 Å². The number of carbonyl (C=O) groups excluding carboxylic acids is 2. The number of nitrogens with zero attached hydrogens (tertiary/aromatic N) is 3. The fraction of sp³-hybridized carbons (Fsp3) is 0.455. The Labute approximate surface area is 170 Å². The molecule has 0 saturated carbocycles. The van der Waals surface area contributed by atoms with Crippen LogP contribution in [0.15, 0.2) is 18.3 Å². The van der Waals surface area contributed by atoms with E-state index in [0.717, 1.165) is 41.8 Å². The smallest absolute Gasteiger partial charge is 0.271 e. The zero-order chi connectivity index (χ0) is 20.9. The van der Waals surface area contributed by atoms with E-state index in [0.29, 0.717) is 18.1 Å². The summed E-state index contributed by atoms with van der Waals surface area (Å²) in [5.41, 5.74) is 9.27. The van der Waals surface area contributed by atoms with Gasteiger partial charge in [-0.15, -0.1) is 0 Å². The minimum atomic E-state index is -0.615. The molecule has 2 aromatic heterocycles. The average molecular weight is 393 g/mol. The molecule has 0 aromatic carbocycles. The van der Waals surface area contributed by atoms with Crippen molar-refractivity contribution < 1.29 is 9.59 Å². The van der Waals surface area contributed by atoms with Gasteiger partial charge in [0.05, 0.1) is 6.20 Å². The van der Waals surface area contributed by atoms with Crippen molar-refractivity contribution in [1.82, 2.24) is 14.5 Å². The van der Waals surface area contributed by atoms with Crippen LogP contribution < -0.4 is 11.1 Å². The highest BCUT2D eigenvalue weighted by Gasteiger charge is 2.36. The van der Waals surface area contributed by atoms with Gasteiger partial charge in [-0.3, -0.25) is 9.59 Å². The highest BCUT2D eigenvalue weighted by molar-refractivity contribution is 6.01. The molecule has 7 nitrogen and oxygen atoms in total. The van der Waals surface area contributed by atoms with Crippen LogP contribution in [-0.2, 0) is 6.42 Å². The summed E-state index contributed by atoms with van der Waals surface area (Å²) in [5.74, 6) is 0.546. The van der Waals surface area contributed by atoms with Crippen molar-refractivity contribution in [3.8, 4) is 5.82 Å². The van der Waals surface area contributed by atoms with Crippen molar-refractivity contribution in [3.05, 3.63) is 46.6 Å². The molecule has 0 fully saturated rings. The molecular formula is C22H27N5O2. The number of primary amides is 1. The van der Waals surface area contributed by atoms with Crippen LogP contribution in [0, 0.1) is 19.3 Å². The Morgan fingerprint density at radius 3 is 2.59 bits per heavy atom. The van der Waals surface area contributed by atoms with Crippen molar-refractivity contribution in [2.45, 2.75) is 59.4 Å². The molecule has 2 aliphatic carbocycles. The van der Waals surface area contributed by atoms with Crippen LogP contribution in [0.3, 0.4) is 0 Å². The summed E-state index contributed by atoms with van der Waals surface area (Å²) < 4.78 is 2.01. The van der Waals surface area contributed by atoms with Crippen LogP contribution >= 0.6 is 0 Å². The lowest BCUT2D eigenvalue weighted by molar-refractivity contribution is 0.0909. The van der Waals surface area contributed by atoms with Crippen LogP contribution in [0.2, 0.25) is 0 Å². The molecule has 0 spiro atoms. The summed E-state index contributed by atoms with van der Waals surface area (Å²) in [4.78, 5) is 33.8. The van der Waals surface area contributed by atoms with Crippen LogP contribution in [0.5, 0.6) is 0 Å². The Kier molecular flexibility index (Phi) is 4.56. The number of hydrogen-bond donors (Lipinski definition) is 2. The maximum Gasteiger partial charge on any atom is 0.271 e. The van der Waals surface area contributed by atoms with Gasteiger partial charge in [0.15, 0.2) is 23.1 Å². The summed E-state index contributed by atoms with van der Waals surface area (Å²) in [6.07, 6.45) is 8.81. The first-order valence-electron chi connectivity index (χ1n) is 10.0. The fourth-order valence-electron chi connectivity index (χ4n) is 4.46. The molecule has 7 heteroatoms. The molecule has 0 radical (unpaired) electrons. The number of rotatable bonds is 4. The van der Waals surface area contributed by atoms with Gasteiger partial charge in [0, 0.05) is 29.4 Å². The summed E-state index contributed by atoms with van der Waals surface area (Å²) in [7, 11) is 0. The SMILES string of the molecule is Cc1c2c(n(-c3cnc(C(N)=O)c(NC4CC=CC4)n3)c1C)CC(C)(C)CC2=O. The number of amides is 1. The zero-order valence-corrected chi connectivity index (χ0v) is 17.4. The van der Waals surface area contributed by atoms with Crippen LogP contribution in [0.4, 0.5) is 5.82 Å². The van der Waals surface area contributed by atoms with E-state index in [1.165, 1.54) is 0 Å². The number of ketones is 1. The molecule has 2 aliphatic rings. The topological polar surface area (TPSA) is 103 Å². The molecule has 152 valence electrons. The molecule has 2 heterocycles. The van der Waals surface area contributed by atoms with Gasteiger partial charge in [-0.25, -0.2) is 9.97 Å². The number of hydrogen-bond acceptors (Lipinski definition) is 5. The minimum Gasteiger partial charge on any atom is -0.365 e. The third-order valence-electron chi connectivity index (χ3n) is 5.95. The van der Waals surface area contributed by atoms with Gasteiger partial charge >= 0.3 is 0 Å². The van der Waals surface area contributed by atoms with Gasteiger partial charge in [0.25, 0.3) is 5.91 Å². The van der Waals surface area contributed by atoms with E-state index in [1.807, 2.05) is 18.4 Å². The Morgan fingerprint density at radius 1 is 1.24 bits per heavy atom. The summed E-state index contributed by atoms with van der Waals surface area (Å²) in [5, 5.41) is 3.32. The molecule has 0 bridgehead atoms. The summed E-state index contributed by atoms with van der Waals surface area (Å²) in [6, 6.07) is 0.166. The lowest BCUT2D eigenvalue weighted by Crippen LogP contribution is -2.28. The van der Waals surface area contributed by atoms with Crippen molar-refractivity contribution in [2.24, 2.45) is 11.1 Å². The molecule has 1 amide bonds. The number of anilines is 1. The van der Waals surface area contributed by atoms with Gasteiger partial charge in [-0.2, -0.15) is 0 Å². The second-order valence-electron chi connectivity index (χ2n) is 8.88. The fourth-order valence-corrected chi connectivity index (χ4v) is 4.46. The van der Waals surface area contributed by atoms with E-state index in [1.54, 1.807) is 6.20 Å². The van der Waals surface area contributed by atoms with Crippen molar-refractivity contribution >= 4 is 17.5 Å². The molecule has 2 aromatic rings. The third-order valence-corrected chi connectivity index (χ3v) is 5.95. The zero-order valence-electron chi connectivity index (χ0n) is 17.4. The van der Waals surface area contributed by atoms with E-state index in [-0.39, 0.29) is 22.9 Å². The van der Waals surface area contributed by atoms with Gasteiger partial charge in [-0.05, 0) is 44.1 Å². The quantitative estimate of drug-likeness (QED) is 0.776. The summed E-state index contributed by atoms with van der Waals surface area (Å²) in [6.45, 7) is 8.19. The number of nitrogens with one attached hydrogen (secondary N) is 1. The number of carbonyl (C=O) groups is 2. The highest BCUT2D eigenvalue weighted by atomic mass is 16.1. The predicted octanol–water partition coefficient (Wildman–Crippen LogP) is 3.27. The first kappa shape index (κ1) is 19.4. The van der Waals surface area contributed by atoms with Crippen molar-refractivity contribution in [2.75, 3.05) is 5.32 Å². The van der Waals surface area contributed by atoms with Gasteiger partial charge in [0.1, 0.15) is 0 Å². The molecule has 0 unspecified atom stereocenters. The second-order valence-corrected chi connectivity index (χ2v) is 8.88. The van der Waals surface area contributed by atoms with Crippen LogP contribution in [0.1, 0.15) is 70.9 Å². The molecule has 3 N–H and O–H groups in total. The summed E-state index contributed by atoms with van der Waals surface area (Å²) >= 11 is 0. The van der Waals surface area contributed by atoms with Gasteiger partial charge in [0.2, 0.25) is 0 Å². The first-order chi connectivity index (χ1) is 13.7.